The molecule has 6 N–H and O–H groups in total. The van der Waals surface area contributed by atoms with Crippen molar-refractivity contribution in [2.24, 2.45) is 0 Å². The third-order valence-electron chi connectivity index (χ3n) is 4.47. The van der Waals surface area contributed by atoms with E-state index in [1.807, 2.05) is 0 Å². The first-order chi connectivity index (χ1) is 16.5. The maximum atomic E-state index is 12.7. The molecule has 16 heteroatoms. The molecule has 1 aromatic rings. The maximum absolute atomic E-state index is 12.7. The van der Waals surface area contributed by atoms with Crippen molar-refractivity contribution < 1.29 is 78.5 Å². The molecule has 1 rings (SSSR count). The van der Waals surface area contributed by atoms with Crippen molar-refractivity contribution in [2.75, 3.05) is 0 Å². The van der Waals surface area contributed by atoms with Gasteiger partial charge in [-0.3, -0.25) is 19.2 Å². The summed E-state index contributed by atoms with van der Waals surface area (Å²) < 4.78 is 9.38. The van der Waals surface area contributed by atoms with Crippen LogP contribution in [0.25, 0.3) is 0 Å². The molecule has 0 aliphatic heterocycles. The van der Waals surface area contributed by atoms with Crippen LogP contribution in [-0.2, 0) is 38.2 Å². The van der Waals surface area contributed by atoms with Crippen LogP contribution in [0.1, 0.15) is 46.4 Å². The quantitative estimate of drug-likeness (QED) is 0.171. The fourth-order valence-corrected chi connectivity index (χ4v) is 2.94. The fourth-order valence-electron chi connectivity index (χ4n) is 2.94. The molecule has 0 aromatic heterocycles. The van der Waals surface area contributed by atoms with Crippen molar-refractivity contribution in [3.63, 3.8) is 0 Å². The average molecular weight is 514 g/mol. The molecular formula is C20H18O16. The summed E-state index contributed by atoms with van der Waals surface area (Å²) in [7, 11) is 0. The van der Waals surface area contributed by atoms with Gasteiger partial charge in [0.25, 0.3) is 0 Å². The van der Waals surface area contributed by atoms with Crippen molar-refractivity contribution >= 4 is 47.8 Å². The van der Waals surface area contributed by atoms with Crippen LogP contribution >= 0.6 is 0 Å². The molecular weight excluding hydrogens is 496 g/mol. The van der Waals surface area contributed by atoms with Gasteiger partial charge in [-0.15, -0.1) is 0 Å². The number of carbonyl (C=O) groups excluding carboxylic acids is 2. The molecule has 0 amide bonds. The van der Waals surface area contributed by atoms with Crippen molar-refractivity contribution in [3.05, 3.63) is 35.4 Å². The van der Waals surface area contributed by atoms with Gasteiger partial charge < -0.3 is 40.1 Å². The van der Waals surface area contributed by atoms with Crippen LogP contribution in [0.2, 0.25) is 0 Å². The molecule has 36 heavy (non-hydrogen) atoms. The van der Waals surface area contributed by atoms with E-state index in [2.05, 4.69) is 0 Å². The molecule has 1 aromatic carbocycles. The molecule has 0 spiro atoms. The normalized spacial score (nSPS) is 11.1. The van der Waals surface area contributed by atoms with Crippen LogP contribution in [-0.4, -0.2) is 89.6 Å². The number of rotatable bonds is 14. The van der Waals surface area contributed by atoms with Crippen molar-refractivity contribution in [2.45, 2.75) is 36.9 Å². The molecule has 0 saturated carbocycles. The van der Waals surface area contributed by atoms with Gasteiger partial charge in [0.2, 0.25) is 11.2 Å². The van der Waals surface area contributed by atoms with Gasteiger partial charge in [-0.2, -0.15) is 0 Å². The van der Waals surface area contributed by atoms with E-state index in [-0.39, 0.29) is 0 Å². The third-order valence-corrected chi connectivity index (χ3v) is 4.47. The zero-order chi connectivity index (χ0) is 27.8. The van der Waals surface area contributed by atoms with E-state index in [1.165, 1.54) is 0 Å². The fraction of sp³-hybridized carbons (Fsp3) is 0.300. The second-order valence-corrected chi connectivity index (χ2v) is 7.21. The highest BCUT2D eigenvalue weighted by molar-refractivity contribution is 6.05. The van der Waals surface area contributed by atoms with E-state index in [0.29, 0.717) is 0 Å². The predicted molar refractivity (Wildman–Crippen MR) is 107 cm³/mol. The number of benzene rings is 1. The van der Waals surface area contributed by atoms with Crippen molar-refractivity contribution in [1.82, 2.24) is 0 Å². The highest BCUT2D eigenvalue weighted by Crippen LogP contribution is 2.28. The summed E-state index contributed by atoms with van der Waals surface area (Å²) in [5, 5.41) is 54.8. The minimum absolute atomic E-state index is 0.823. The topological polar surface area (TPSA) is 276 Å². The van der Waals surface area contributed by atoms with Crippen LogP contribution in [0.5, 0.6) is 0 Å². The van der Waals surface area contributed by atoms with Crippen molar-refractivity contribution in [1.29, 1.82) is 0 Å². The van der Waals surface area contributed by atoms with Gasteiger partial charge in [0.15, 0.2) is 0 Å². The molecule has 0 saturated heterocycles. The zero-order valence-electron chi connectivity index (χ0n) is 17.9. The number of ether oxygens (including phenoxy) is 2. The molecule has 0 aliphatic carbocycles. The number of aliphatic carboxylic acids is 6. The summed E-state index contributed by atoms with van der Waals surface area (Å²) in [6.45, 7) is 0. The van der Waals surface area contributed by atoms with Crippen LogP contribution in [0, 0.1) is 0 Å². The summed E-state index contributed by atoms with van der Waals surface area (Å²) >= 11 is 0. The Kier molecular flexibility index (Phi) is 9.19. The van der Waals surface area contributed by atoms with E-state index in [0.717, 1.165) is 24.3 Å². The monoisotopic (exact) mass is 514 g/mol. The Balaban J connectivity index is 3.51. The Bertz CT molecular complexity index is 997. The Morgan fingerprint density at radius 1 is 0.528 bits per heavy atom. The number of carboxylic acids is 6. The van der Waals surface area contributed by atoms with Gasteiger partial charge in [-0.1, -0.05) is 12.1 Å². The van der Waals surface area contributed by atoms with Crippen LogP contribution in [0.15, 0.2) is 24.3 Å². The van der Waals surface area contributed by atoms with Gasteiger partial charge in [0.1, 0.15) is 0 Å². The van der Waals surface area contributed by atoms with E-state index in [4.69, 9.17) is 29.9 Å². The summed E-state index contributed by atoms with van der Waals surface area (Å²) in [6.07, 6.45) is -5.97. The Morgan fingerprint density at radius 2 is 0.778 bits per heavy atom. The molecule has 0 atom stereocenters. The zero-order valence-corrected chi connectivity index (χ0v) is 17.9. The standard InChI is InChI=1S/C20H18O16/c21-11(22)5-19(17(31)32,6-12(23)24)35-15(29)9-3-1-2-4-10(9)16(30)36-20(18(33)34,7-13(25)26)8-14(27)28/h1-4H,5-8H2,(H,21,22)(H,23,24)(H,25,26)(H,27,28)(H,31,32)(H,33,34). The largest absolute Gasteiger partial charge is 0.481 e. The van der Waals surface area contributed by atoms with E-state index in [9.17, 15) is 48.6 Å². The molecule has 0 fully saturated rings. The second-order valence-electron chi connectivity index (χ2n) is 7.21. The first-order valence-electron chi connectivity index (χ1n) is 9.45. The van der Waals surface area contributed by atoms with E-state index >= 15 is 0 Å². The highest BCUT2D eigenvalue weighted by atomic mass is 16.6. The smallest absolute Gasteiger partial charge is 0.349 e. The van der Waals surface area contributed by atoms with E-state index < -0.39 is 95.8 Å². The molecule has 0 heterocycles. The van der Waals surface area contributed by atoms with Gasteiger partial charge in [0.05, 0.1) is 36.8 Å². The Hall–Kier alpha value is -5.02. The summed E-state index contributed by atoms with van der Waals surface area (Å²) in [5.41, 5.74) is -7.95. The summed E-state index contributed by atoms with van der Waals surface area (Å²) in [6, 6.07) is 3.85. The van der Waals surface area contributed by atoms with Gasteiger partial charge in [-0.05, 0) is 12.1 Å². The number of hydrogen-bond acceptors (Lipinski definition) is 10. The van der Waals surface area contributed by atoms with Gasteiger partial charge in [0, 0.05) is 0 Å². The summed E-state index contributed by atoms with van der Waals surface area (Å²) in [4.78, 5) is 93.3. The molecule has 0 bridgehead atoms. The minimum Gasteiger partial charge on any atom is -0.481 e. The van der Waals surface area contributed by atoms with Crippen LogP contribution in [0.3, 0.4) is 0 Å². The molecule has 16 nitrogen and oxygen atoms in total. The SMILES string of the molecule is O=C(O)CC(CC(=O)O)(OC(=O)c1ccccc1C(=O)OC(CC(=O)O)(CC(=O)O)C(=O)O)C(=O)O. The lowest BCUT2D eigenvalue weighted by atomic mass is 9.94. The second kappa shape index (κ2) is 11.4. The number of esters is 2. The molecule has 194 valence electrons. The number of carboxylic acid groups (broad SMARTS) is 6. The Labute approximate surface area is 199 Å². The first-order valence-corrected chi connectivity index (χ1v) is 9.45. The minimum atomic E-state index is -3.12. The lowest BCUT2D eigenvalue weighted by molar-refractivity contribution is -0.171. The predicted octanol–water partition coefficient (Wildman–Crippen LogP) is -0.454. The third kappa shape index (κ3) is 7.24. The van der Waals surface area contributed by atoms with Crippen molar-refractivity contribution in [3.8, 4) is 0 Å². The lowest BCUT2D eigenvalue weighted by Gasteiger charge is -2.28. The van der Waals surface area contributed by atoms with Crippen LogP contribution in [0.4, 0.5) is 0 Å². The number of carbonyl (C=O) groups is 8. The van der Waals surface area contributed by atoms with Crippen LogP contribution < -0.4 is 0 Å². The lowest BCUT2D eigenvalue weighted by Crippen LogP contribution is -2.48. The highest BCUT2D eigenvalue weighted by Gasteiger charge is 2.49. The maximum Gasteiger partial charge on any atom is 0.349 e. The van der Waals surface area contributed by atoms with Gasteiger partial charge >= 0.3 is 47.8 Å². The average Bonchev–Trinajstić information content (AvgIpc) is 2.71. The summed E-state index contributed by atoms with van der Waals surface area (Å²) in [5.74, 6) is -15.2. The molecule has 0 aliphatic rings. The molecule has 0 unspecified atom stereocenters. The van der Waals surface area contributed by atoms with Gasteiger partial charge in [-0.25, -0.2) is 19.2 Å². The Morgan fingerprint density at radius 3 is 0.972 bits per heavy atom. The number of hydrogen-bond donors (Lipinski definition) is 6. The van der Waals surface area contributed by atoms with E-state index in [1.54, 1.807) is 0 Å². The first kappa shape index (κ1) is 29.0. The molecule has 0 radical (unpaired) electrons.